The van der Waals surface area contributed by atoms with Gasteiger partial charge in [0.1, 0.15) is 5.75 Å². The van der Waals surface area contributed by atoms with E-state index in [2.05, 4.69) is 0 Å². The van der Waals surface area contributed by atoms with Crippen LogP contribution < -0.4 is 4.74 Å². The lowest BCUT2D eigenvalue weighted by Gasteiger charge is -2.15. The van der Waals surface area contributed by atoms with Crippen LogP contribution in [0.5, 0.6) is 5.75 Å². The maximum Gasteiger partial charge on any atom is 0.313 e. The van der Waals surface area contributed by atoms with Crippen molar-refractivity contribution in [1.82, 2.24) is 0 Å². The zero-order chi connectivity index (χ0) is 15.1. The predicted octanol–water partition coefficient (Wildman–Crippen LogP) is 2.54. The van der Waals surface area contributed by atoms with Crippen molar-refractivity contribution >= 4 is 11.9 Å². The molecule has 0 N–H and O–H groups in total. The number of nitriles is 1. The van der Waals surface area contributed by atoms with Crippen LogP contribution in [0.1, 0.15) is 44.2 Å². The van der Waals surface area contributed by atoms with E-state index < -0.39 is 17.9 Å². The maximum absolute atomic E-state index is 11.9. The van der Waals surface area contributed by atoms with Crippen molar-refractivity contribution in [3.8, 4) is 11.8 Å². The lowest BCUT2D eigenvalue weighted by molar-refractivity contribution is -0.145. The lowest BCUT2D eigenvalue weighted by Crippen LogP contribution is -2.15. The third kappa shape index (κ3) is 4.09. The van der Waals surface area contributed by atoms with Crippen molar-refractivity contribution in [2.45, 2.75) is 33.1 Å². The van der Waals surface area contributed by atoms with Crippen molar-refractivity contribution in [3.05, 3.63) is 29.3 Å². The van der Waals surface area contributed by atoms with E-state index in [1.807, 2.05) is 13.0 Å². The molecule has 1 atom stereocenters. The molecule has 20 heavy (non-hydrogen) atoms. The zero-order valence-corrected chi connectivity index (χ0v) is 11.8. The molecule has 1 unspecified atom stereocenters. The molecule has 0 aromatic heterocycles. The number of benzene rings is 1. The quantitative estimate of drug-likeness (QED) is 0.609. The molecule has 5 nitrogen and oxygen atoms in total. The highest BCUT2D eigenvalue weighted by molar-refractivity contribution is 5.80. The number of hydrogen-bond acceptors (Lipinski definition) is 5. The molecule has 0 heterocycles. The summed E-state index contributed by atoms with van der Waals surface area (Å²) in [6.07, 6.45) is 0.730. The Balaban J connectivity index is 3.08. The minimum Gasteiger partial charge on any atom is -0.465 e. The van der Waals surface area contributed by atoms with Crippen LogP contribution in [0.25, 0.3) is 0 Å². The van der Waals surface area contributed by atoms with Crippen molar-refractivity contribution < 1.29 is 19.1 Å². The van der Waals surface area contributed by atoms with E-state index >= 15 is 0 Å². The first kappa shape index (κ1) is 15.7. The Hall–Kier alpha value is -2.35. The number of carbonyl (C=O) groups is 2. The van der Waals surface area contributed by atoms with Crippen LogP contribution in [0.15, 0.2) is 18.2 Å². The Morgan fingerprint density at radius 1 is 1.40 bits per heavy atom. The summed E-state index contributed by atoms with van der Waals surface area (Å²) in [7, 11) is 0. The van der Waals surface area contributed by atoms with Crippen LogP contribution in [0.3, 0.4) is 0 Å². The molecule has 0 bridgehead atoms. The molecular weight excluding hydrogens is 258 g/mol. The van der Waals surface area contributed by atoms with Gasteiger partial charge in [-0.1, -0.05) is 6.92 Å². The Morgan fingerprint density at radius 2 is 2.10 bits per heavy atom. The Bertz CT molecular complexity index is 545. The highest BCUT2D eigenvalue weighted by atomic mass is 16.5. The van der Waals surface area contributed by atoms with Gasteiger partial charge in [0.25, 0.3) is 0 Å². The largest absolute Gasteiger partial charge is 0.465 e. The average molecular weight is 275 g/mol. The summed E-state index contributed by atoms with van der Waals surface area (Å²) in [6, 6.07) is 6.58. The van der Waals surface area contributed by atoms with Gasteiger partial charge >= 0.3 is 11.9 Å². The van der Waals surface area contributed by atoms with Crippen LogP contribution >= 0.6 is 0 Å². The molecule has 106 valence electrons. The summed E-state index contributed by atoms with van der Waals surface area (Å²) in [4.78, 5) is 23.0. The van der Waals surface area contributed by atoms with E-state index in [1.54, 1.807) is 6.92 Å². The van der Waals surface area contributed by atoms with E-state index in [0.717, 1.165) is 6.42 Å². The molecule has 1 aromatic rings. The van der Waals surface area contributed by atoms with E-state index in [4.69, 9.17) is 14.7 Å². The SMILES string of the molecule is CCCOC(=O)C(C)c1cc(C#N)ccc1OC(C)=O. The van der Waals surface area contributed by atoms with Crippen molar-refractivity contribution in [1.29, 1.82) is 5.26 Å². The van der Waals surface area contributed by atoms with Gasteiger partial charge in [0, 0.05) is 12.5 Å². The monoisotopic (exact) mass is 275 g/mol. The fraction of sp³-hybridized carbons (Fsp3) is 0.400. The Morgan fingerprint density at radius 3 is 2.65 bits per heavy atom. The molecule has 0 aliphatic carbocycles. The van der Waals surface area contributed by atoms with Crippen LogP contribution in [0, 0.1) is 11.3 Å². The van der Waals surface area contributed by atoms with Crippen LogP contribution in [0.2, 0.25) is 0 Å². The van der Waals surface area contributed by atoms with Gasteiger partial charge in [0.05, 0.1) is 24.2 Å². The van der Waals surface area contributed by atoms with Crippen LogP contribution in [-0.2, 0) is 14.3 Å². The van der Waals surface area contributed by atoms with Gasteiger partial charge in [-0.3, -0.25) is 9.59 Å². The van der Waals surface area contributed by atoms with Crippen LogP contribution in [0.4, 0.5) is 0 Å². The fourth-order valence-electron chi connectivity index (χ4n) is 1.66. The predicted molar refractivity (Wildman–Crippen MR) is 72.1 cm³/mol. The molecule has 0 aliphatic rings. The van der Waals surface area contributed by atoms with Gasteiger partial charge in [0.15, 0.2) is 0 Å². The highest BCUT2D eigenvalue weighted by Gasteiger charge is 2.22. The van der Waals surface area contributed by atoms with Crippen LogP contribution in [-0.4, -0.2) is 18.5 Å². The number of rotatable bonds is 5. The van der Waals surface area contributed by atoms with E-state index in [1.165, 1.54) is 25.1 Å². The minimum atomic E-state index is -0.607. The fourth-order valence-corrected chi connectivity index (χ4v) is 1.66. The molecule has 0 spiro atoms. The van der Waals surface area contributed by atoms with Crippen molar-refractivity contribution in [2.75, 3.05) is 6.61 Å². The van der Waals surface area contributed by atoms with Gasteiger partial charge in [-0.25, -0.2) is 0 Å². The molecule has 5 heteroatoms. The third-order valence-electron chi connectivity index (χ3n) is 2.66. The first-order valence-electron chi connectivity index (χ1n) is 6.38. The Kier molecular flexibility index (Phi) is 5.73. The molecular formula is C15H17NO4. The second kappa shape index (κ2) is 7.29. The van der Waals surface area contributed by atoms with Gasteiger partial charge < -0.3 is 9.47 Å². The second-order valence-electron chi connectivity index (χ2n) is 4.35. The zero-order valence-electron chi connectivity index (χ0n) is 11.8. The molecule has 1 rings (SSSR count). The maximum atomic E-state index is 11.9. The van der Waals surface area contributed by atoms with Crippen molar-refractivity contribution in [3.63, 3.8) is 0 Å². The summed E-state index contributed by atoms with van der Waals surface area (Å²) in [5, 5.41) is 8.92. The molecule has 0 fully saturated rings. The average Bonchev–Trinajstić information content (AvgIpc) is 2.43. The van der Waals surface area contributed by atoms with E-state index in [0.29, 0.717) is 17.7 Å². The number of esters is 2. The number of hydrogen-bond donors (Lipinski definition) is 0. The second-order valence-corrected chi connectivity index (χ2v) is 4.35. The van der Waals surface area contributed by atoms with Gasteiger partial charge in [-0.05, 0) is 31.5 Å². The molecule has 0 amide bonds. The smallest absolute Gasteiger partial charge is 0.313 e. The van der Waals surface area contributed by atoms with E-state index in [-0.39, 0.29) is 5.75 Å². The number of carbonyl (C=O) groups excluding carboxylic acids is 2. The third-order valence-corrected chi connectivity index (χ3v) is 2.66. The summed E-state index contributed by atoms with van der Waals surface area (Å²) >= 11 is 0. The number of ether oxygens (including phenoxy) is 2. The highest BCUT2D eigenvalue weighted by Crippen LogP contribution is 2.29. The topological polar surface area (TPSA) is 76.4 Å². The molecule has 0 radical (unpaired) electrons. The summed E-state index contributed by atoms with van der Waals surface area (Å²) < 4.78 is 10.1. The lowest BCUT2D eigenvalue weighted by atomic mass is 9.98. The van der Waals surface area contributed by atoms with Gasteiger partial charge in [-0.15, -0.1) is 0 Å². The standard InChI is InChI=1S/C15H17NO4/c1-4-7-19-15(18)10(2)13-8-12(9-16)5-6-14(13)20-11(3)17/h5-6,8,10H,4,7H2,1-3H3. The summed E-state index contributed by atoms with van der Waals surface area (Å²) in [5.41, 5.74) is 0.867. The molecule has 0 aliphatic heterocycles. The van der Waals surface area contributed by atoms with E-state index in [9.17, 15) is 9.59 Å². The summed E-state index contributed by atoms with van der Waals surface area (Å²) in [6.45, 7) is 5.17. The first-order valence-corrected chi connectivity index (χ1v) is 6.38. The molecule has 0 saturated carbocycles. The minimum absolute atomic E-state index is 0.275. The van der Waals surface area contributed by atoms with Crippen molar-refractivity contribution in [2.24, 2.45) is 0 Å². The number of nitrogens with zero attached hydrogens (tertiary/aromatic N) is 1. The first-order chi connectivity index (χ1) is 9.49. The Labute approximate surface area is 118 Å². The van der Waals surface area contributed by atoms with Gasteiger partial charge in [-0.2, -0.15) is 5.26 Å². The molecule has 1 aromatic carbocycles. The summed E-state index contributed by atoms with van der Waals surface area (Å²) in [5.74, 6) is -1.22. The van der Waals surface area contributed by atoms with Gasteiger partial charge in [0.2, 0.25) is 0 Å². The normalized spacial score (nSPS) is 11.3. The molecule has 0 saturated heterocycles.